The van der Waals surface area contributed by atoms with Crippen molar-refractivity contribution in [2.24, 2.45) is 0 Å². The fourth-order valence-electron chi connectivity index (χ4n) is 2.18. The van der Waals surface area contributed by atoms with Crippen LogP contribution in [0.4, 0.5) is 0 Å². The smallest absolute Gasteiger partial charge is 0.339 e. The average Bonchev–Trinajstić information content (AvgIpc) is 2.48. The summed E-state index contributed by atoms with van der Waals surface area (Å²) in [6.07, 6.45) is 2.45. The molecule has 2 rings (SSSR count). The molecule has 0 N–H and O–H groups in total. The van der Waals surface area contributed by atoms with Gasteiger partial charge in [0.25, 0.3) is 5.56 Å². The van der Waals surface area contributed by atoms with Crippen molar-refractivity contribution in [1.29, 1.82) is 0 Å². The van der Waals surface area contributed by atoms with Gasteiger partial charge in [0.1, 0.15) is 0 Å². The molecule has 0 unspecified atom stereocenters. The van der Waals surface area contributed by atoms with E-state index >= 15 is 0 Å². The lowest BCUT2D eigenvalue weighted by molar-refractivity contribution is 0.0599. The molecule has 2 heterocycles. The van der Waals surface area contributed by atoms with Crippen LogP contribution in [0.15, 0.2) is 23.1 Å². The minimum Gasteiger partial charge on any atom is -0.465 e. The van der Waals surface area contributed by atoms with Crippen molar-refractivity contribution in [3.8, 4) is 0 Å². The molecule has 0 fully saturated rings. The Morgan fingerprint density at radius 3 is 2.81 bits per heavy atom. The van der Waals surface area contributed by atoms with Crippen molar-refractivity contribution in [2.45, 2.75) is 19.9 Å². The summed E-state index contributed by atoms with van der Waals surface area (Å²) in [6, 6.07) is 3.33. The molecule has 0 aliphatic rings. The second kappa shape index (κ2) is 6.49. The van der Waals surface area contributed by atoms with Crippen LogP contribution in [0.25, 0.3) is 10.9 Å². The second-order valence-corrected chi connectivity index (χ2v) is 4.71. The van der Waals surface area contributed by atoms with Crippen LogP contribution in [-0.2, 0) is 16.0 Å². The molecule has 0 radical (unpaired) electrons. The summed E-state index contributed by atoms with van der Waals surface area (Å²) in [5.41, 5.74) is 1.28. The number of aromatic nitrogens is 2. The van der Waals surface area contributed by atoms with Gasteiger partial charge in [-0.3, -0.25) is 9.78 Å². The van der Waals surface area contributed by atoms with E-state index in [1.165, 1.54) is 7.11 Å². The zero-order valence-corrected chi connectivity index (χ0v) is 12.4. The minimum absolute atomic E-state index is 0.166. The number of hydrogen-bond donors (Lipinski definition) is 0. The second-order valence-electron chi connectivity index (χ2n) is 4.71. The number of carbonyl (C=O) groups is 1. The van der Waals surface area contributed by atoms with Gasteiger partial charge in [-0.25, -0.2) is 4.79 Å². The van der Waals surface area contributed by atoms with Gasteiger partial charge in [0.15, 0.2) is 0 Å². The largest absolute Gasteiger partial charge is 0.465 e. The van der Waals surface area contributed by atoms with Crippen molar-refractivity contribution in [2.75, 3.05) is 20.8 Å². The predicted molar refractivity (Wildman–Crippen MR) is 78.6 cm³/mol. The van der Waals surface area contributed by atoms with Crippen LogP contribution in [0.1, 0.15) is 22.5 Å². The number of rotatable bonds is 5. The molecule has 21 heavy (non-hydrogen) atoms. The van der Waals surface area contributed by atoms with E-state index < -0.39 is 5.97 Å². The molecule has 0 amide bonds. The summed E-state index contributed by atoms with van der Waals surface area (Å²) in [7, 11) is 2.93. The number of esters is 1. The van der Waals surface area contributed by atoms with Crippen molar-refractivity contribution >= 4 is 16.9 Å². The highest BCUT2D eigenvalue weighted by atomic mass is 16.5. The molecule has 0 atom stereocenters. The topological polar surface area (TPSA) is 70.4 Å². The monoisotopic (exact) mass is 290 g/mol. The molecule has 2 aromatic heterocycles. The lowest BCUT2D eigenvalue weighted by Gasteiger charge is -2.09. The van der Waals surface area contributed by atoms with Gasteiger partial charge < -0.3 is 14.0 Å². The molecule has 0 saturated heterocycles. The SMILES string of the molecule is COCCCn1ccc2nc(C)c(C(=O)OC)cc2c1=O. The molecule has 112 valence electrons. The van der Waals surface area contributed by atoms with Crippen molar-refractivity contribution < 1.29 is 14.3 Å². The van der Waals surface area contributed by atoms with E-state index in [-0.39, 0.29) is 5.56 Å². The number of methoxy groups -OCH3 is 2. The highest BCUT2D eigenvalue weighted by molar-refractivity contribution is 5.94. The first-order chi connectivity index (χ1) is 10.1. The van der Waals surface area contributed by atoms with Crippen molar-refractivity contribution in [3.63, 3.8) is 0 Å². The third kappa shape index (κ3) is 3.11. The highest BCUT2D eigenvalue weighted by Crippen LogP contribution is 2.14. The van der Waals surface area contributed by atoms with E-state index in [9.17, 15) is 9.59 Å². The number of carbonyl (C=O) groups excluding carboxylic acids is 1. The quantitative estimate of drug-likeness (QED) is 0.617. The third-order valence-electron chi connectivity index (χ3n) is 3.30. The predicted octanol–water partition coefficient (Wildman–Crippen LogP) is 1.53. The van der Waals surface area contributed by atoms with Gasteiger partial charge in [0.05, 0.1) is 29.3 Å². The lowest BCUT2D eigenvalue weighted by atomic mass is 10.1. The average molecular weight is 290 g/mol. The lowest BCUT2D eigenvalue weighted by Crippen LogP contribution is -2.21. The van der Waals surface area contributed by atoms with Gasteiger partial charge in [-0.2, -0.15) is 0 Å². The summed E-state index contributed by atoms with van der Waals surface area (Å²) in [5.74, 6) is -0.490. The van der Waals surface area contributed by atoms with Crippen molar-refractivity contribution in [3.05, 3.63) is 39.9 Å². The van der Waals surface area contributed by atoms with Gasteiger partial charge in [0, 0.05) is 26.5 Å². The zero-order chi connectivity index (χ0) is 15.4. The molecule has 6 heteroatoms. The zero-order valence-electron chi connectivity index (χ0n) is 12.4. The van der Waals surface area contributed by atoms with Crippen LogP contribution in [0.3, 0.4) is 0 Å². The fraction of sp³-hybridized carbons (Fsp3) is 0.400. The molecule has 0 aliphatic carbocycles. The van der Waals surface area contributed by atoms with Gasteiger partial charge >= 0.3 is 5.97 Å². The number of aryl methyl sites for hydroxylation is 2. The maximum absolute atomic E-state index is 12.4. The summed E-state index contributed by atoms with van der Waals surface area (Å²) >= 11 is 0. The Kier molecular flexibility index (Phi) is 4.70. The molecule has 6 nitrogen and oxygen atoms in total. The van der Waals surface area contributed by atoms with Gasteiger partial charge in [0.2, 0.25) is 0 Å². The Morgan fingerprint density at radius 1 is 1.38 bits per heavy atom. The Bertz CT molecular complexity index is 721. The Morgan fingerprint density at radius 2 is 2.14 bits per heavy atom. The number of fused-ring (bicyclic) bond motifs is 1. The van der Waals surface area contributed by atoms with Gasteiger partial charge in [-0.1, -0.05) is 0 Å². The maximum Gasteiger partial charge on any atom is 0.339 e. The number of nitrogens with zero attached hydrogens (tertiary/aromatic N) is 2. The van der Waals surface area contributed by atoms with E-state index in [2.05, 4.69) is 4.98 Å². The highest BCUT2D eigenvalue weighted by Gasteiger charge is 2.14. The molecule has 0 aliphatic heterocycles. The Balaban J connectivity index is 2.50. The van der Waals surface area contributed by atoms with Crippen LogP contribution in [0, 0.1) is 6.92 Å². The summed E-state index contributed by atoms with van der Waals surface area (Å²) in [5, 5.41) is 0.418. The van der Waals surface area contributed by atoms with E-state index in [0.29, 0.717) is 35.3 Å². The standard InChI is InChI=1S/C15H18N2O4/c1-10-11(15(19)21-3)9-12-13(16-10)5-7-17(14(12)18)6-4-8-20-2/h5,7,9H,4,6,8H2,1-3H3. The first kappa shape index (κ1) is 15.2. The molecule has 0 spiro atoms. The minimum atomic E-state index is -0.490. The van der Waals surface area contributed by atoms with E-state index in [0.717, 1.165) is 6.42 Å². The van der Waals surface area contributed by atoms with Gasteiger partial charge in [-0.05, 0) is 25.5 Å². The summed E-state index contributed by atoms with van der Waals surface area (Å²) < 4.78 is 11.3. The third-order valence-corrected chi connectivity index (χ3v) is 3.30. The first-order valence-electron chi connectivity index (χ1n) is 6.66. The Labute approximate surface area is 122 Å². The molecule has 2 aromatic rings. The Hall–Kier alpha value is -2.21. The molecule has 0 saturated carbocycles. The normalized spacial score (nSPS) is 10.8. The number of ether oxygens (including phenoxy) is 2. The van der Waals surface area contributed by atoms with Gasteiger partial charge in [-0.15, -0.1) is 0 Å². The van der Waals surface area contributed by atoms with E-state index in [1.807, 2.05) is 0 Å². The van der Waals surface area contributed by atoms with Crippen LogP contribution in [0.5, 0.6) is 0 Å². The van der Waals surface area contributed by atoms with Crippen LogP contribution >= 0.6 is 0 Å². The van der Waals surface area contributed by atoms with Crippen LogP contribution in [-0.4, -0.2) is 36.3 Å². The van der Waals surface area contributed by atoms with Crippen LogP contribution in [0.2, 0.25) is 0 Å². The fourth-order valence-corrected chi connectivity index (χ4v) is 2.18. The maximum atomic E-state index is 12.4. The molecule has 0 aromatic carbocycles. The number of pyridine rings is 2. The van der Waals surface area contributed by atoms with Crippen LogP contribution < -0.4 is 5.56 Å². The number of hydrogen-bond acceptors (Lipinski definition) is 5. The molecule has 0 bridgehead atoms. The summed E-state index contributed by atoms with van der Waals surface area (Å²) in [6.45, 7) is 2.86. The first-order valence-corrected chi connectivity index (χ1v) is 6.66. The van der Waals surface area contributed by atoms with Crippen molar-refractivity contribution in [1.82, 2.24) is 9.55 Å². The molecular formula is C15H18N2O4. The summed E-state index contributed by atoms with van der Waals surface area (Å²) in [4.78, 5) is 28.4. The van der Waals surface area contributed by atoms with E-state index in [1.54, 1.807) is 36.9 Å². The molecular weight excluding hydrogens is 272 g/mol. The van der Waals surface area contributed by atoms with E-state index in [4.69, 9.17) is 9.47 Å².